The second-order valence-electron chi connectivity index (χ2n) is 6.33. The summed E-state index contributed by atoms with van der Waals surface area (Å²) in [5.41, 5.74) is 2.05. The first kappa shape index (κ1) is 18.0. The molecule has 0 bridgehead atoms. The minimum atomic E-state index is -4.44. The number of anilines is 1. The van der Waals surface area contributed by atoms with Gasteiger partial charge in [-0.1, -0.05) is 42.5 Å². The predicted octanol–water partition coefficient (Wildman–Crippen LogP) is 5.93. The van der Waals surface area contributed by atoms with Crippen molar-refractivity contribution in [1.29, 1.82) is 0 Å². The van der Waals surface area contributed by atoms with E-state index in [4.69, 9.17) is 0 Å². The van der Waals surface area contributed by atoms with Crippen LogP contribution in [0.1, 0.15) is 11.1 Å². The van der Waals surface area contributed by atoms with Crippen LogP contribution in [-0.2, 0) is 12.7 Å². The molecule has 0 aliphatic rings. The normalized spacial score (nSPS) is 11.5. The van der Waals surface area contributed by atoms with E-state index >= 15 is 0 Å². The number of nitrogens with zero attached hydrogens (tertiary/aromatic N) is 2. The molecule has 0 saturated carbocycles. The molecule has 2 aromatic carbocycles. The maximum atomic E-state index is 13.4. The van der Waals surface area contributed by atoms with E-state index in [1.54, 1.807) is 30.6 Å². The molecule has 2 aromatic heterocycles. The van der Waals surface area contributed by atoms with E-state index in [9.17, 15) is 13.2 Å². The SMILES string of the molecule is FC(F)(F)c1ccccc1-c1ccc2cccc(NCc3cccnc3)c2n1. The molecule has 4 aromatic rings. The van der Waals surface area contributed by atoms with Gasteiger partial charge in [-0.15, -0.1) is 0 Å². The van der Waals surface area contributed by atoms with Crippen LogP contribution < -0.4 is 5.32 Å². The third kappa shape index (κ3) is 3.67. The van der Waals surface area contributed by atoms with Crippen molar-refractivity contribution in [3.8, 4) is 11.3 Å². The Morgan fingerprint density at radius 1 is 0.857 bits per heavy atom. The zero-order valence-corrected chi connectivity index (χ0v) is 14.7. The Morgan fingerprint density at radius 3 is 2.50 bits per heavy atom. The lowest BCUT2D eigenvalue weighted by molar-refractivity contribution is -0.137. The first-order valence-corrected chi connectivity index (χ1v) is 8.71. The van der Waals surface area contributed by atoms with Crippen molar-refractivity contribution >= 4 is 16.6 Å². The molecule has 0 saturated heterocycles. The Balaban J connectivity index is 1.75. The van der Waals surface area contributed by atoms with Crippen LogP contribution in [0.3, 0.4) is 0 Å². The van der Waals surface area contributed by atoms with Crippen molar-refractivity contribution in [2.24, 2.45) is 0 Å². The highest BCUT2D eigenvalue weighted by atomic mass is 19.4. The van der Waals surface area contributed by atoms with E-state index in [1.165, 1.54) is 12.1 Å². The van der Waals surface area contributed by atoms with Crippen molar-refractivity contribution in [3.63, 3.8) is 0 Å². The van der Waals surface area contributed by atoms with E-state index in [-0.39, 0.29) is 11.3 Å². The van der Waals surface area contributed by atoms with E-state index in [0.29, 0.717) is 12.1 Å². The van der Waals surface area contributed by atoms with Crippen LogP contribution in [0.25, 0.3) is 22.2 Å². The van der Waals surface area contributed by atoms with E-state index in [1.807, 2.05) is 30.3 Å². The average Bonchev–Trinajstić information content (AvgIpc) is 2.72. The van der Waals surface area contributed by atoms with Crippen LogP contribution in [0.2, 0.25) is 0 Å². The van der Waals surface area contributed by atoms with Gasteiger partial charge in [-0.25, -0.2) is 4.98 Å². The van der Waals surface area contributed by atoms with Crippen molar-refractivity contribution in [1.82, 2.24) is 9.97 Å². The molecular formula is C22H16F3N3. The Kier molecular flexibility index (Phi) is 4.69. The molecule has 1 N–H and O–H groups in total. The maximum Gasteiger partial charge on any atom is 0.417 e. The number of rotatable bonds is 4. The van der Waals surface area contributed by atoms with Gasteiger partial charge in [-0.05, 0) is 29.8 Å². The number of fused-ring (bicyclic) bond motifs is 1. The van der Waals surface area contributed by atoms with Crippen molar-refractivity contribution in [3.05, 3.63) is 90.3 Å². The Morgan fingerprint density at radius 2 is 1.71 bits per heavy atom. The average molecular weight is 379 g/mol. The fraction of sp³-hybridized carbons (Fsp3) is 0.0909. The van der Waals surface area contributed by atoms with Crippen LogP contribution in [0.5, 0.6) is 0 Å². The number of aromatic nitrogens is 2. The topological polar surface area (TPSA) is 37.8 Å². The van der Waals surface area contributed by atoms with Crippen LogP contribution >= 0.6 is 0 Å². The molecule has 0 atom stereocenters. The number of para-hydroxylation sites is 1. The summed E-state index contributed by atoms with van der Waals surface area (Å²) in [6.45, 7) is 0.540. The van der Waals surface area contributed by atoms with Crippen molar-refractivity contribution < 1.29 is 13.2 Å². The number of hydrogen-bond acceptors (Lipinski definition) is 3. The van der Waals surface area contributed by atoms with Gasteiger partial charge >= 0.3 is 6.18 Å². The summed E-state index contributed by atoms with van der Waals surface area (Å²) in [7, 11) is 0. The first-order chi connectivity index (χ1) is 13.5. The molecule has 6 heteroatoms. The fourth-order valence-corrected chi connectivity index (χ4v) is 3.09. The molecule has 4 rings (SSSR count). The van der Waals surface area contributed by atoms with Gasteiger partial charge < -0.3 is 5.32 Å². The maximum absolute atomic E-state index is 13.4. The van der Waals surface area contributed by atoms with Crippen molar-refractivity contribution in [2.45, 2.75) is 12.7 Å². The molecule has 0 aliphatic heterocycles. The molecule has 3 nitrogen and oxygen atoms in total. The summed E-state index contributed by atoms with van der Waals surface area (Å²) in [6, 6.07) is 18.3. The van der Waals surface area contributed by atoms with Gasteiger partial charge in [0.2, 0.25) is 0 Å². The lowest BCUT2D eigenvalue weighted by Gasteiger charge is -2.14. The molecule has 28 heavy (non-hydrogen) atoms. The van der Waals surface area contributed by atoms with Gasteiger partial charge in [-0.2, -0.15) is 13.2 Å². The van der Waals surface area contributed by atoms with Gasteiger partial charge in [0, 0.05) is 29.9 Å². The molecule has 0 aliphatic carbocycles. The minimum Gasteiger partial charge on any atom is -0.379 e. The fourth-order valence-electron chi connectivity index (χ4n) is 3.09. The van der Waals surface area contributed by atoms with Gasteiger partial charge in [0.05, 0.1) is 22.5 Å². The smallest absolute Gasteiger partial charge is 0.379 e. The largest absolute Gasteiger partial charge is 0.417 e. The van der Waals surface area contributed by atoms with E-state index in [0.717, 1.165) is 22.7 Å². The van der Waals surface area contributed by atoms with Crippen LogP contribution in [-0.4, -0.2) is 9.97 Å². The first-order valence-electron chi connectivity index (χ1n) is 8.71. The summed E-state index contributed by atoms with van der Waals surface area (Å²) in [6.07, 6.45) is -0.977. The summed E-state index contributed by atoms with van der Waals surface area (Å²) in [5.74, 6) is 0. The molecule has 0 radical (unpaired) electrons. The van der Waals surface area contributed by atoms with E-state index in [2.05, 4.69) is 15.3 Å². The summed E-state index contributed by atoms with van der Waals surface area (Å²) in [5, 5.41) is 4.15. The monoisotopic (exact) mass is 379 g/mol. The summed E-state index contributed by atoms with van der Waals surface area (Å²) < 4.78 is 40.2. The van der Waals surface area contributed by atoms with Crippen molar-refractivity contribution in [2.75, 3.05) is 5.32 Å². The summed E-state index contributed by atoms with van der Waals surface area (Å²) >= 11 is 0. The zero-order chi connectivity index (χ0) is 19.6. The van der Waals surface area contributed by atoms with Gasteiger partial charge in [0.15, 0.2) is 0 Å². The number of pyridine rings is 2. The Bertz CT molecular complexity index is 1110. The van der Waals surface area contributed by atoms with E-state index < -0.39 is 11.7 Å². The molecular weight excluding hydrogens is 363 g/mol. The van der Waals surface area contributed by atoms with Crippen LogP contribution in [0.4, 0.5) is 18.9 Å². The highest BCUT2D eigenvalue weighted by Crippen LogP contribution is 2.37. The predicted molar refractivity (Wildman–Crippen MR) is 104 cm³/mol. The number of hydrogen-bond donors (Lipinski definition) is 1. The molecule has 0 unspecified atom stereocenters. The Hall–Kier alpha value is -3.41. The quantitative estimate of drug-likeness (QED) is 0.478. The number of benzene rings is 2. The second-order valence-corrected chi connectivity index (χ2v) is 6.33. The van der Waals surface area contributed by atoms with Gasteiger partial charge in [0.1, 0.15) is 0 Å². The highest BCUT2D eigenvalue weighted by Gasteiger charge is 2.33. The minimum absolute atomic E-state index is 0.0685. The lowest BCUT2D eigenvalue weighted by Crippen LogP contribution is -2.07. The van der Waals surface area contributed by atoms with Gasteiger partial charge in [0.25, 0.3) is 0 Å². The molecule has 0 fully saturated rings. The standard InChI is InChI=1S/C22H16F3N3/c23-22(24,25)18-8-2-1-7-17(18)19-11-10-16-6-3-9-20(21(16)28-19)27-14-15-5-4-12-26-13-15/h1-13,27H,14H2. The number of nitrogens with one attached hydrogen (secondary N) is 1. The lowest BCUT2D eigenvalue weighted by atomic mass is 10.0. The van der Waals surface area contributed by atoms with Crippen LogP contribution in [0.15, 0.2) is 79.1 Å². The third-order valence-electron chi connectivity index (χ3n) is 4.43. The molecule has 0 amide bonds. The Labute approximate surface area is 159 Å². The third-order valence-corrected chi connectivity index (χ3v) is 4.43. The zero-order valence-electron chi connectivity index (χ0n) is 14.7. The number of halogens is 3. The van der Waals surface area contributed by atoms with Gasteiger partial charge in [-0.3, -0.25) is 4.98 Å². The molecule has 0 spiro atoms. The highest BCUT2D eigenvalue weighted by molar-refractivity contribution is 5.92. The number of alkyl halides is 3. The molecule has 140 valence electrons. The second kappa shape index (κ2) is 7.31. The summed E-state index contributed by atoms with van der Waals surface area (Å²) in [4.78, 5) is 8.64. The molecule has 2 heterocycles. The van der Waals surface area contributed by atoms with Crippen LogP contribution in [0, 0.1) is 0 Å².